The predicted octanol–water partition coefficient (Wildman–Crippen LogP) is 1.60. The Kier molecular flexibility index (Phi) is 5.40. The fourth-order valence-electron chi connectivity index (χ4n) is 2.13. The summed E-state index contributed by atoms with van der Waals surface area (Å²) in [6.07, 6.45) is 10.2. The van der Waals surface area contributed by atoms with E-state index in [0.717, 1.165) is 37.0 Å². The monoisotopic (exact) mass is 271 g/mol. The molecule has 1 aliphatic rings. The lowest BCUT2D eigenvalue weighted by Gasteiger charge is -2.29. The van der Waals surface area contributed by atoms with Crippen molar-refractivity contribution in [2.45, 2.75) is 32.6 Å². The first-order valence-corrected chi connectivity index (χ1v) is 7.92. The minimum atomic E-state index is -3.24. The normalized spacial score (nSPS) is 23.6. The van der Waals surface area contributed by atoms with E-state index in [1.165, 1.54) is 16.8 Å². The molecule has 1 fully saturated rings. The van der Waals surface area contributed by atoms with Crippen LogP contribution >= 0.6 is 0 Å². The molecule has 0 spiro atoms. The van der Waals surface area contributed by atoms with Gasteiger partial charge in [-0.1, -0.05) is 12.5 Å². The molecule has 6 heteroatoms. The van der Waals surface area contributed by atoms with Crippen LogP contribution in [0, 0.1) is 0 Å². The Morgan fingerprint density at radius 3 is 2.61 bits per heavy atom. The van der Waals surface area contributed by atoms with Gasteiger partial charge in [-0.25, -0.2) is 8.42 Å². The van der Waals surface area contributed by atoms with Crippen molar-refractivity contribution in [1.82, 2.24) is 4.31 Å². The van der Waals surface area contributed by atoms with Crippen molar-refractivity contribution in [2.75, 3.05) is 12.8 Å². The summed E-state index contributed by atoms with van der Waals surface area (Å²) in [5.74, 6) is 5.10. The number of nitrogens with zero attached hydrogens (tertiary/aromatic N) is 2. The first-order chi connectivity index (χ1) is 8.50. The number of hydrogen-bond donors (Lipinski definition) is 1. The molecule has 0 aliphatic carbocycles. The molecule has 18 heavy (non-hydrogen) atoms. The van der Waals surface area contributed by atoms with Gasteiger partial charge in [0.05, 0.1) is 12.0 Å². The summed E-state index contributed by atoms with van der Waals surface area (Å²) in [5.41, 5.74) is 1.72. The molecule has 2 N–H and O–H groups in total. The van der Waals surface area contributed by atoms with Gasteiger partial charge >= 0.3 is 0 Å². The summed E-state index contributed by atoms with van der Waals surface area (Å²) in [4.78, 5) is 0. The molecule has 0 saturated carbocycles. The Morgan fingerprint density at radius 2 is 2.06 bits per heavy atom. The van der Waals surface area contributed by atoms with Gasteiger partial charge in [-0.05, 0) is 37.8 Å². The van der Waals surface area contributed by atoms with Crippen LogP contribution in [0.5, 0.6) is 0 Å². The van der Waals surface area contributed by atoms with Gasteiger partial charge in [0.25, 0.3) is 0 Å². The fraction of sp³-hybridized carbons (Fsp3) is 0.583. The average Bonchev–Trinajstić information content (AvgIpc) is 2.26. The Labute approximate surface area is 109 Å². The molecular weight excluding hydrogens is 250 g/mol. The van der Waals surface area contributed by atoms with Gasteiger partial charge in [0, 0.05) is 12.8 Å². The van der Waals surface area contributed by atoms with Crippen molar-refractivity contribution < 1.29 is 8.42 Å². The summed E-state index contributed by atoms with van der Waals surface area (Å²) >= 11 is 0. The minimum absolute atomic E-state index is 0.537. The van der Waals surface area contributed by atoms with Gasteiger partial charge in [-0.2, -0.15) is 5.10 Å². The lowest BCUT2D eigenvalue weighted by molar-refractivity contribution is 0.449. The zero-order valence-corrected chi connectivity index (χ0v) is 11.8. The van der Waals surface area contributed by atoms with Crippen LogP contribution in [-0.4, -0.2) is 31.7 Å². The fourth-order valence-corrected chi connectivity index (χ4v) is 3.17. The van der Waals surface area contributed by atoms with Crippen LogP contribution in [0.3, 0.4) is 0 Å². The molecule has 0 aromatic rings. The van der Waals surface area contributed by atoms with Gasteiger partial charge < -0.3 is 5.84 Å². The van der Waals surface area contributed by atoms with Crippen molar-refractivity contribution in [3.8, 4) is 0 Å². The highest BCUT2D eigenvalue weighted by Crippen LogP contribution is 2.26. The van der Waals surface area contributed by atoms with Crippen LogP contribution in [0.4, 0.5) is 0 Å². The highest BCUT2D eigenvalue weighted by Gasteiger charge is 2.22. The van der Waals surface area contributed by atoms with Crippen molar-refractivity contribution >= 4 is 16.2 Å². The third kappa shape index (κ3) is 3.87. The van der Waals surface area contributed by atoms with E-state index in [0.29, 0.717) is 6.54 Å². The molecule has 0 bridgehead atoms. The van der Waals surface area contributed by atoms with E-state index in [1.807, 2.05) is 13.0 Å². The molecule has 5 nitrogen and oxygen atoms in total. The van der Waals surface area contributed by atoms with Gasteiger partial charge in [0.1, 0.15) is 0 Å². The maximum atomic E-state index is 11.8. The highest BCUT2D eigenvalue weighted by molar-refractivity contribution is 7.88. The van der Waals surface area contributed by atoms with E-state index in [2.05, 4.69) is 5.10 Å². The molecule has 1 saturated heterocycles. The summed E-state index contributed by atoms with van der Waals surface area (Å²) < 4.78 is 25.2. The van der Waals surface area contributed by atoms with Gasteiger partial charge in [0.15, 0.2) is 0 Å². The zero-order chi connectivity index (χ0) is 13.6. The van der Waals surface area contributed by atoms with Crippen LogP contribution in [0.15, 0.2) is 28.5 Å². The molecule has 102 valence electrons. The molecule has 0 radical (unpaired) electrons. The third-order valence-electron chi connectivity index (χ3n) is 2.94. The minimum Gasteiger partial charge on any atom is -0.323 e. The van der Waals surface area contributed by atoms with Crippen molar-refractivity contribution in [1.29, 1.82) is 0 Å². The second-order valence-electron chi connectivity index (χ2n) is 4.31. The number of hydrogen-bond acceptors (Lipinski definition) is 4. The second-order valence-corrected chi connectivity index (χ2v) is 6.22. The van der Waals surface area contributed by atoms with Crippen molar-refractivity contribution in [3.05, 3.63) is 23.4 Å². The van der Waals surface area contributed by atoms with E-state index in [9.17, 15) is 8.42 Å². The van der Waals surface area contributed by atoms with Crippen LogP contribution < -0.4 is 5.84 Å². The number of allylic oxidation sites excluding steroid dienone is 3. The van der Waals surface area contributed by atoms with Gasteiger partial charge in [0.2, 0.25) is 10.0 Å². The predicted molar refractivity (Wildman–Crippen MR) is 74.5 cm³/mol. The Hall–Kier alpha value is -1.30. The van der Waals surface area contributed by atoms with E-state index in [4.69, 9.17) is 5.84 Å². The maximum Gasteiger partial charge on any atom is 0.232 e. The standard InChI is InChI=1S/C12H21N3O2S/c1-3-12-11(8-9-14-13)7-5-4-6-10-15(12)18(2,16)17/h3,8-9H,4-7,10,13H2,1-2H3/b11-8-,12-3?,14-9+. The SMILES string of the molecule is CC=C1/C(=C\C=N\N)CCCCCN1S(C)(=O)=O. The lowest BCUT2D eigenvalue weighted by Crippen LogP contribution is -2.32. The molecule has 0 unspecified atom stereocenters. The van der Waals surface area contributed by atoms with E-state index in [-0.39, 0.29) is 0 Å². The molecule has 0 amide bonds. The van der Waals surface area contributed by atoms with E-state index < -0.39 is 10.0 Å². The summed E-state index contributed by atoms with van der Waals surface area (Å²) in [6.45, 7) is 2.39. The molecular formula is C12H21N3O2S. The zero-order valence-electron chi connectivity index (χ0n) is 11.0. The molecule has 1 aliphatic heterocycles. The molecule has 1 rings (SSSR count). The quantitative estimate of drug-likeness (QED) is 0.471. The number of nitrogens with two attached hydrogens (primary N) is 1. The topological polar surface area (TPSA) is 75.8 Å². The van der Waals surface area contributed by atoms with Gasteiger partial charge in [-0.3, -0.25) is 4.31 Å². The van der Waals surface area contributed by atoms with Gasteiger partial charge in [-0.15, -0.1) is 0 Å². The van der Waals surface area contributed by atoms with Crippen molar-refractivity contribution in [3.63, 3.8) is 0 Å². The second kappa shape index (κ2) is 6.58. The average molecular weight is 271 g/mol. The van der Waals surface area contributed by atoms with Crippen LogP contribution in [0.2, 0.25) is 0 Å². The lowest BCUT2D eigenvalue weighted by atomic mass is 10.0. The van der Waals surface area contributed by atoms with Crippen molar-refractivity contribution in [2.24, 2.45) is 10.9 Å². The van der Waals surface area contributed by atoms with E-state index in [1.54, 1.807) is 6.08 Å². The summed E-state index contributed by atoms with van der Waals surface area (Å²) in [5, 5.41) is 3.44. The molecule has 1 heterocycles. The van der Waals surface area contributed by atoms with Crippen LogP contribution in [0.1, 0.15) is 32.6 Å². The largest absolute Gasteiger partial charge is 0.323 e. The van der Waals surface area contributed by atoms with Crippen LogP contribution in [0.25, 0.3) is 0 Å². The van der Waals surface area contributed by atoms with E-state index >= 15 is 0 Å². The Balaban J connectivity index is 3.17. The maximum absolute atomic E-state index is 11.8. The first-order valence-electron chi connectivity index (χ1n) is 6.07. The Morgan fingerprint density at radius 1 is 1.33 bits per heavy atom. The summed E-state index contributed by atoms with van der Waals surface area (Å²) in [7, 11) is -3.24. The number of rotatable bonds is 2. The third-order valence-corrected chi connectivity index (χ3v) is 4.12. The molecule has 0 aromatic carbocycles. The number of hydrazone groups is 1. The molecule has 0 atom stereocenters. The number of sulfonamides is 1. The summed E-state index contributed by atoms with van der Waals surface area (Å²) in [6, 6.07) is 0. The Bertz CT molecular complexity index is 464. The smallest absolute Gasteiger partial charge is 0.232 e. The molecule has 0 aromatic heterocycles. The highest BCUT2D eigenvalue weighted by atomic mass is 32.2. The van der Waals surface area contributed by atoms with Crippen LogP contribution in [-0.2, 0) is 10.0 Å². The first kappa shape index (κ1) is 14.8.